The highest BCUT2D eigenvalue weighted by molar-refractivity contribution is 5.75. The van der Waals surface area contributed by atoms with E-state index in [9.17, 15) is 4.79 Å². The topological polar surface area (TPSA) is 59.7 Å². The number of carbonyl (C=O) groups excluding carboxylic acids is 1. The van der Waals surface area contributed by atoms with Crippen molar-refractivity contribution in [2.75, 3.05) is 24.6 Å². The Morgan fingerprint density at radius 3 is 3.25 bits per heavy atom. The predicted molar refractivity (Wildman–Crippen MR) is 74.6 cm³/mol. The lowest BCUT2D eigenvalue weighted by Crippen LogP contribution is -2.40. The summed E-state index contributed by atoms with van der Waals surface area (Å²) in [6.07, 6.45) is 7.18. The Kier molecular flexibility index (Phi) is 3.54. The van der Waals surface area contributed by atoms with Crippen molar-refractivity contribution in [3.05, 3.63) is 24.7 Å². The van der Waals surface area contributed by atoms with Gasteiger partial charge in [-0.05, 0) is 25.8 Å². The third-order valence-electron chi connectivity index (χ3n) is 3.64. The van der Waals surface area contributed by atoms with Gasteiger partial charge in [0, 0.05) is 25.5 Å². The largest absolute Gasteiger partial charge is 0.466 e. The Morgan fingerprint density at radius 1 is 1.50 bits per heavy atom. The lowest BCUT2D eigenvalue weighted by Gasteiger charge is -2.32. The van der Waals surface area contributed by atoms with Gasteiger partial charge < -0.3 is 9.64 Å². The van der Waals surface area contributed by atoms with E-state index in [2.05, 4.69) is 15.0 Å². The number of aromatic nitrogens is 3. The van der Waals surface area contributed by atoms with Gasteiger partial charge in [0.2, 0.25) is 0 Å². The van der Waals surface area contributed by atoms with Gasteiger partial charge in [0.15, 0.2) is 5.82 Å². The molecule has 0 N–H and O–H groups in total. The monoisotopic (exact) mass is 274 g/mol. The van der Waals surface area contributed by atoms with Crippen molar-refractivity contribution in [1.82, 2.24) is 14.6 Å². The van der Waals surface area contributed by atoms with Gasteiger partial charge in [-0.3, -0.25) is 4.79 Å². The highest BCUT2D eigenvalue weighted by Gasteiger charge is 2.28. The minimum atomic E-state index is -0.0994. The van der Waals surface area contributed by atoms with E-state index in [0.29, 0.717) is 13.2 Å². The third-order valence-corrected chi connectivity index (χ3v) is 3.64. The second kappa shape index (κ2) is 5.48. The molecular weight excluding hydrogens is 256 g/mol. The molecule has 0 spiro atoms. The van der Waals surface area contributed by atoms with E-state index >= 15 is 0 Å². The number of rotatable bonds is 3. The fourth-order valence-corrected chi connectivity index (χ4v) is 2.71. The van der Waals surface area contributed by atoms with Crippen LogP contribution in [0.3, 0.4) is 0 Å². The Labute approximate surface area is 117 Å². The summed E-state index contributed by atoms with van der Waals surface area (Å²) < 4.78 is 6.94. The van der Waals surface area contributed by atoms with Crippen LogP contribution < -0.4 is 4.90 Å². The van der Waals surface area contributed by atoms with E-state index in [0.717, 1.165) is 30.7 Å². The molecule has 1 saturated heterocycles. The average Bonchev–Trinajstić information content (AvgIpc) is 2.96. The molecule has 3 rings (SSSR count). The van der Waals surface area contributed by atoms with Crippen LogP contribution in [0.5, 0.6) is 0 Å². The molecule has 2 aromatic heterocycles. The molecular formula is C14H18N4O2. The number of hydrogen-bond acceptors (Lipinski definition) is 5. The summed E-state index contributed by atoms with van der Waals surface area (Å²) in [7, 11) is 0. The van der Waals surface area contributed by atoms with E-state index < -0.39 is 0 Å². The highest BCUT2D eigenvalue weighted by Crippen LogP contribution is 2.25. The van der Waals surface area contributed by atoms with Crippen LogP contribution in [0.4, 0.5) is 5.82 Å². The SMILES string of the molecule is CCOC(=O)C1CCCN(c2nccn3nccc23)C1. The number of piperidine rings is 1. The summed E-state index contributed by atoms with van der Waals surface area (Å²) in [5.74, 6) is 0.727. The van der Waals surface area contributed by atoms with Gasteiger partial charge in [-0.15, -0.1) is 0 Å². The van der Waals surface area contributed by atoms with Crippen molar-refractivity contribution in [2.24, 2.45) is 5.92 Å². The first kappa shape index (κ1) is 12.9. The van der Waals surface area contributed by atoms with Crippen molar-refractivity contribution < 1.29 is 9.53 Å². The quantitative estimate of drug-likeness (QED) is 0.794. The molecule has 1 aliphatic heterocycles. The predicted octanol–water partition coefficient (Wildman–Crippen LogP) is 1.51. The Hall–Kier alpha value is -2.11. The molecule has 106 valence electrons. The van der Waals surface area contributed by atoms with Crippen LogP contribution in [-0.4, -0.2) is 40.3 Å². The fourth-order valence-electron chi connectivity index (χ4n) is 2.71. The molecule has 20 heavy (non-hydrogen) atoms. The number of nitrogens with zero attached hydrogens (tertiary/aromatic N) is 4. The van der Waals surface area contributed by atoms with E-state index in [1.165, 1.54) is 0 Å². The summed E-state index contributed by atoms with van der Waals surface area (Å²) >= 11 is 0. The zero-order chi connectivity index (χ0) is 13.9. The zero-order valence-electron chi connectivity index (χ0n) is 11.5. The molecule has 6 heteroatoms. The number of hydrogen-bond donors (Lipinski definition) is 0. The molecule has 1 fully saturated rings. The molecule has 1 unspecified atom stereocenters. The minimum absolute atomic E-state index is 0.0614. The van der Waals surface area contributed by atoms with E-state index in [1.54, 1.807) is 16.9 Å². The Bertz CT molecular complexity index is 610. The fraction of sp³-hybridized carbons (Fsp3) is 0.500. The highest BCUT2D eigenvalue weighted by atomic mass is 16.5. The van der Waals surface area contributed by atoms with Crippen molar-refractivity contribution >= 4 is 17.3 Å². The van der Waals surface area contributed by atoms with Crippen LogP contribution in [0, 0.1) is 5.92 Å². The maximum Gasteiger partial charge on any atom is 0.310 e. The number of esters is 1. The van der Waals surface area contributed by atoms with Crippen LogP contribution in [0.15, 0.2) is 24.7 Å². The number of ether oxygens (including phenoxy) is 1. The summed E-state index contributed by atoms with van der Waals surface area (Å²) in [5.41, 5.74) is 0.969. The average molecular weight is 274 g/mol. The normalized spacial score (nSPS) is 19.2. The number of carbonyl (C=O) groups is 1. The first-order chi connectivity index (χ1) is 9.79. The summed E-state index contributed by atoms with van der Waals surface area (Å²) in [6, 6.07) is 1.94. The molecule has 1 atom stereocenters. The van der Waals surface area contributed by atoms with Crippen LogP contribution in [0.25, 0.3) is 5.52 Å². The lowest BCUT2D eigenvalue weighted by atomic mass is 9.98. The molecule has 0 aromatic carbocycles. The van der Waals surface area contributed by atoms with Crippen molar-refractivity contribution in [1.29, 1.82) is 0 Å². The maximum absolute atomic E-state index is 11.9. The first-order valence-electron chi connectivity index (χ1n) is 6.99. The van der Waals surface area contributed by atoms with Gasteiger partial charge >= 0.3 is 5.97 Å². The van der Waals surface area contributed by atoms with Gasteiger partial charge in [-0.1, -0.05) is 0 Å². The van der Waals surface area contributed by atoms with Crippen LogP contribution in [0.1, 0.15) is 19.8 Å². The van der Waals surface area contributed by atoms with Crippen molar-refractivity contribution in [3.8, 4) is 0 Å². The maximum atomic E-state index is 11.9. The molecule has 6 nitrogen and oxygen atoms in total. The summed E-state index contributed by atoms with van der Waals surface area (Å²) in [6.45, 7) is 3.85. The second-order valence-corrected chi connectivity index (χ2v) is 4.95. The molecule has 0 radical (unpaired) electrons. The second-order valence-electron chi connectivity index (χ2n) is 4.95. The van der Waals surface area contributed by atoms with Crippen molar-refractivity contribution in [2.45, 2.75) is 19.8 Å². The third kappa shape index (κ3) is 2.33. The molecule has 2 aromatic rings. The van der Waals surface area contributed by atoms with Gasteiger partial charge in [0.1, 0.15) is 5.52 Å². The van der Waals surface area contributed by atoms with Crippen LogP contribution in [0.2, 0.25) is 0 Å². The first-order valence-corrected chi connectivity index (χ1v) is 6.99. The van der Waals surface area contributed by atoms with E-state index in [1.807, 2.05) is 19.2 Å². The smallest absolute Gasteiger partial charge is 0.310 e. The van der Waals surface area contributed by atoms with Gasteiger partial charge in [-0.25, -0.2) is 9.50 Å². The van der Waals surface area contributed by atoms with Crippen LogP contribution in [-0.2, 0) is 9.53 Å². The van der Waals surface area contributed by atoms with E-state index in [-0.39, 0.29) is 11.9 Å². The number of anilines is 1. The number of fused-ring (bicyclic) bond motifs is 1. The van der Waals surface area contributed by atoms with Crippen molar-refractivity contribution in [3.63, 3.8) is 0 Å². The Morgan fingerprint density at radius 2 is 2.40 bits per heavy atom. The van der Waals surface area contributed by atoms with Gasteiger partial charge in [0.05, 0.1) is 18.7 Å². The molecule has 0 aliphatic carbocycles. The zero-order valence-corrected chi connectivity index (χ0v) is 11.5. The molecule has 3 heterocycles. The minimum Gasteiger partial charge on any atom is -0.466 e. The molecule has 0 amide bonds. The Balaban J connectivity index is 1.83. The summed E-state index contributed by atoms with van der Waals surface area (Å²) in [5, 5.41) is 4.22. The standard InChI is InChI=1S/C14H18N4O2/c1-2-20-14(19)11-4-3-8-17(10-11)13-12-5-6-16-18(12)9-7-15-13/h5-7,9,11H,2-4,8,10H2,1H3. The molecule has 1 aliphatic rings. The van der Waals surface area contributed by atoms with E-state index in [4.69, 9.17) is 4.74 Å². The summed E-state index contributed by atoms with van der Waals surface area (Å²) in [4.78, 5) is 18.5. The van der Waals surface area contributed by atoms with Crippen LogP contribution >= 0.6 is 0 Å². The lowest BCUT2D eigenvalue weighted by molar-refractivity contribution is -0.148. The molecule has 0 bridgehead atoms. The van der Waals surface area contributed by atoms with Gasteiger partial charge in [-0.2, -0.15) is 5.10 Å². The molecule has 0 saturated carbocycles. The van der Waals surface area contributed by atoms with Gasteiger partial charge in [0.25, 0.3) is 0 Å².